The van der Waals surface area contributed by atoms with E-state index in [1.807, 2.05) is 49.4 Å². The van der Waals surface area contributed by atoms with E-state index in [1.165, 1.54) is 0 Å². The van der Waals surface area contributed by atoms with E-state index >= 15 is 0 Å². The van der Waals surface area contributed by atoms with Crippen LogP contribution in [0.25, 0.3) is 33.3 Å². The Morgan fingerprint density at radius 1 is 0.857 bits per heavy atom. The Kier molecular flexibility index (Phi) is 2.48. The van der Waals surface area contributed by atoms with Crippen LogP contribution in [0, 0.1) is 6.92 Å². The molecule has 0 atom stereocenters. The van der Waals surface area contributed by atoms with Crippen LogP contribution in [0.2, 0.25) is 0 Å². The van der Waals surface area contributed by atoms with Crippen LogP contribution in [-0.4, -0.2) is 0 Å². The van der Waals surface area contributed by atoms with Crippen molar-refractivity contribution in [3.05, 3.63) is 70.6 Å². The van der Waals surface area contributed by atoms with Crippen molar-refractivity contribution in [3.8, 4) is 11.3 Å². The first-order chi connectivity index (χ1) is 10.2. The van der Waals surface area contributed by atoms with Gasteiger partial charge in [0.15, 0.2) is 5.58 Å². The number of rotatable bonds is 1. The molecule has 0 unspecified atom stereocenters. The summed E-state index contributed by atoms with van der Waals surface area (Å²) < 4.78 is 11.3. The molecular formula is C18H12O3. The van der Waals surface area contributed by atoms with Crippen LogP contribution < -0.4 is 5.63 Å². The summed E-state index contributed by atoms with van der Waals surface area (Å²) in [4.78, 5) is 12.1. The van der Waals surface area contributed by atoms with Gasteiger partial charge in [0.1, 0.15) is 16.7 Å². The fourth-order valence-electron chi connectivity index (χ4n) is 2.62. The molecule has 0 bridgehead atoms. The summed E-state index contributed by atoms with van der Waals surface area (Å²) >= 11 is 0. The van der Waals surface area contributed by atoms with Gasteiger partial charge in [0.2, 0.25) is 0 Å². The van der Waals surface area contributed by atoms with Crippen molar-refractivity contribution in [2.24, 2.45) is 0 Å². The van der Waals surface area contributed by atoms with Crippen molar-refractivity contribution < 1.29 is 8.83 Å². The van der Waals surface area contributed by atoms with E-state index in [0.29, 0.717) is 22.3 Å². The second-order valence-electron chi connectivity index (χ2n) is 5.05. The predicted octanol–water partition coefficient (Wildman–Crippen LogP) is 4.51. The molecule has 102 valence electrons. The molecule has 0 fully saturated rings. The normalized spacial score (nSPS) is 11.3. The van der Waals surface area contributed by atoms with Gasteiger partial charge < -0.3 is 8.83 Å². The highest BCUT2D eigenvalue weighted by atomic mass is 16.4. The lowest BCUT2D eigenvalue weighted by Crippen LogP contribution is -1.97. The summed E-state index contributed by atoms with van der Waals surface area (Å²) in [5, 5.41) is 1.29. The number of hydrogen-bond donors (Lipinski definition) is 0. The maximum absolute atomic E-state index is 12.1. The molecule has 0 amide bonds. The third kappa shape index (κ3) is 1.78. The van der Waals surface area contributed by atoms with Gasteiger partial charge in [-0.25, -0.2) is 4.79 Å². The minimum atomic E-state index is -0.368. The molecule has 2 aromatic carbocycles. The smallest absolute Gasteiger partial charge is 0.347 e. The lowest BCUT2D eigenvalue weighted by molar-refractivity contribution is 0.565. The zero-order valence-electron chi connectivity index (χ0n) is 11.4. The fourth-order valence-corrected chi connectivity index (χ4v) is 2.62. The molecule has 0 radical (unpaired) electrons. The van der Waals surface area contributed by atoms with Gasteiger partial charge in [0, 0.05) is 5.56 Å². The monoisotopic (exact) mass is 276 g/mol. The maximum Gasteiger partial charge on any atom is 0.347 e. The summed E-state index contributed by atoms with van der Waals surface area (Å²) in [5.41, 5.74) is 2.84. The number of furan rings is 1. The van der Waals surface area contributed by atoms with Gasteiger partial charge in [0.25, 0.3) is 0 Å². The van der Waals surface area contributed by atoms with Gasteiger partial charge in [-0.3, -0.25) is 0 Å². The minimum absolute atomic E-state index is 0.368. The average molecular weight is 276 g/mol. The Labute approximate surface area is 120 Å². The molecule has 0 saturated heterocycles. The molecule has 3 nitrogen and oxygen atoms in total. The Morgan fingerprint density at radius 2 is 1.62 bits per heavy atom. The first kappa shape index (κ1) is 12.0. The number of hydrogen-bond acceptors (Lipinski definition) is 3. The first-order valence-electron chi connectivity index (χ1n) is 6.75. The fraction of sp³-hybridized carbons (Fsp3) is 0.0556. The van der Waals surface area contributed by atoms with Gasteiger partial charge in [0.05, 0.1) is 5.39 Å². The van der Waals surface area contributed by atoms with Gasteiger partial charge >= 0.3 is 5.63 Å². The third-order valence-corrected chi connectivity index (χ3v) is 3.70. The van der Waals surface area contributed by atoms with E-state index in [9.17, 15) is 4.79 Å². The van der Waals surface area contributed by atoms with Crippen molar-refractivity contribution in [3.63, 3.8) is 0 Å². The topological polar surface area (TPSA) is 43.4 Å². The number of fused-ring (bicyclic) bond motifs is 3. The van der Waals surface area contributed by atoms with Crippen molar-refractivity contribution in [1.82, 2.24) is 0 Å². The molecule has 3 heteroatoms. The molecule has 0 spiro atoms. The van der Waals surface area contributed by atoms with E-state index in [1.54, 1.807) is 12.1 Å². The largest absolute Gasteiger partial charge is 0.455 e. The van der Waals surface area contributed by atoms with E-state index < -0.39 is 0 Å². The van der Waals surface area contributed by atoms with E-state index in [0.717, 1.165) is 16.5 Å². The van der Waals surface area contributed by atoms with E-state index in [2.05, 4.69) is 0 Å². The lowest BCUT2D eigenvalue weighted by Gasteiger charge is -2.00. The predicted molar refractivity (Wildman–Crippen MR) is 82.4 cm³/mol. The Morgan fingerprint density at radius 3 is 2.48 bits per heavy atom. The molecule has 0 aliphatic carbocycles. The van der Waals surface area contributed by atoms with Crippen LogP contribution in [0.5, 0.6) is 0 Å². The quantitative estimate of drug-likeness (QED) is 0.480. The second-order valence-corrected chi connectivity index (χ2v) is 5.05. The molecule has 0 saturated carbocycles. The Bertz CT molecular complexity index is 1020. The highest BCUT2D eigenvalue weighted by Crippen LogP contribution is 2.32. The van der Waals surface area contributed by atoms with Crippen molar-refractivity contribution in [2.45, 2.75) is 6.92 Å². The molecule has 0 aliphatic heterocycles. The summed E-state index contributed by atoms with van der Waals surface area (Å²) in [7, 11) is 0. The number of aryl methyl sites for hydroxylation is 1. The second kappa shape index (κ2) is 4.35. The molecule has 2 aromatic heterocycles. The average Bonchev–Trinajstić information content (AvgIpc) is 2.94. The SMILES string of the molecule is Cc1ccccc1-c1cc2c(=O)oc3ccccc3c2o1. The first-order valence-corrected chi connectivity index (χ1v) is 6.75. The van der Waals surface area contributed by atoms with E-state index in [4.69, 9.17) is 8.83 Å². The zero-order chi connectivity index (χ0) is 14.4. The standard InChI is InChI=1S/C18H12O3/c1-11-6-2-3-7-12(11)16-10-14-17(20-16)13-8-4-5-9-15(13)21-18(14)19/h2-10H,1H3. The maximum atomic E-state index is 12.1. The van der Waals surface area contributed by atoms with Gasteiger partial charge in [-0.1, -0.05) is 36.4 Å². The van der Waals surface area contributed by atoms with Crippen LogP contribution >= 0.6 is 0 Å². The van der Waals surface area contributed by atoms with Gasteiger partial charge in [-0.2, -0.15) is 0 Å². The number of benzene rings is 2. The number of para-hydroxylation sites is 1. The summed E-state index contributed by atoms with van der Waals surface area (Å²) in [5.74, 6) is 0.687. The van der Waals surface area contributed by atoms with Gasteiger partial charge in [-0.15, -0.1) is 0 Å². The summed E-state index contributed by atoms with van der Waals surface area (Å²) in [6.45, 7) is 2.02. The van der Waals surface area contributed by atoms with Crippen molar-refractivity contribution in [2.75, 3.05) is 0 Å². The Balaban J connectivity index is 2.11. The highest BCUT2D eigenvalue weighted by molar-refractivity contribution is 6.02. The third-order valence-electron chi connectivity index (χ3n) is 3.70. The molecule has 0 aliphatic rings. The molecule has 0 N–H and O–H groups in total. The molecule has 4 aromatic rings. The molecular weight excluding hydrogens is 264 g/mol. The van der Waals surface area contributed by atoms with Crippen LogP contribution in [0.15, 0.2) is 68.2 Å². The minimum Gasteiger partial charge on any atom is -0.455 e. The molecule has 4 rings (SSSR count). The lowest BCUT2D eigenvalue weighted by atomic mass is 10.1. The Hall–Kier alpha value is -2.81. The molecule has 21 heavy (non-hydrogen) atoms. The van der Waals surface area contributed by atoms with Crippen LogP contribution in [-0.2, 0) is 0 Å². The zero-order valence-corrected chi connectivity index (χ0v) is 11.4. The van der Waals surface area contributed by atoms with Crippen molar-refractivity contribution >= 4 is 21.9 Å². The van der Waals surface area contributed by atoms with Crippen LogP contribution in [0.1, 0.15) is 5.56 Å². The molecule has 2 heterocycles. The van der Waals surface area contributed by atoms with Crippen molar-refractivity contribution in [1.29, 1.82) is 0 Å². The van der Waals surface area contributed by atoms with Crippen LogP contribution in [0.3, 0.4) is 0 Å². The van der Waals surface area contributed by atoms with Gasteiger partial charge in [-0.05, 0) is 30.7 Å². The highest BCUT2D eigenvalue weighted by Gasteiger charge is 2.14. The summed E-state index contributed by atoms with van der Waals surface area (Å²) in [6.07, 6.45) is 0. The van der Waals surface area contributed by atoms with E-state index in [-0.39, 0.29) is 5.63 Å². The van der Waals surface area contributed by atoms with Crippen LogP contribution in [0.4, 0.5) is 0 Å². The summed E-state index contributed by atoms with van der Waals surface area (Å²) in [6, 6.07) is 17.1.